The van der Waals surface area contributed by atoms with Crippen molar-refractivity contribution in [2.75, 3.05) is 5.75 Å². The van der Waals surface area contributed by atoms with E-state index >= 15 is 0 Å². The molecule has 3 rings (SSSR count). The summed E-state index contributed by atoms with van der Waals surface area (Å²) in [6, 6.07) is 10.1. The second-order valence-corrected chi connectivity index (χ2v) is 9.44. The van der Waals surface area contributed by atoms with Gasteiger partial charge in [-0.05, 0) is 30.3 Å². The number of thiazole rings is 1. The van der Waals surface area contributed by atoms with Crippen molar-refractivity contribution in [1.82, 2.24) is 4.57 Å². The molecule has 0 saturated heterocycles. The van der Waals surface area contributed by atoms with Crippen LogP contribution in [0.1, 0.15) is 6.42 Å². The van der Waals surface area contributed by atoms with E-state index in [0.29, 0.717) is 20.0 Å². The van der Waals surface area contributed by atoms with Crippen molar-refractivity contribution in [3.63, 3.8) is 0 Å². The number of amides is 1. The fraction of sp³-hybridized carbons (Fsp3) is 0.176. The quantitative estimate of drug-likeness (QED) is 0.448. The van der Waals surface area contributed by atoms with Crippen LogP contribution in [0.25, 0.3) is 10.2 Å². The zero-order chi connectivity index (χ0) is 20.5. The zero-order valence-electron chi connectivity index (χ0n) is 14.5. The number of non-ortho nitro benzene ring substituents is 1. The zero-order valence-corrected chi connectivity index (χ0v) is 16.9. The molecule has 3 aromatic rings. The number of nitrogens with zero attached hydrogens (tertiary/aromatic N) is 3. The number of nitro benzene ring substituents is 1. The third kappa shape index (κ3) is 4.29. The molecule has 0 fully saturated rings. The first-order chi connectivity index (χ1) is 13.2. The van der Waals surface area contributed by atoms with E-state index in [-0.39, 0.29) is 22.8 Å². The SMILES string of the molecule is Cn1c(=NC(=O)CCS(=O)(=O)c2ccc(Cl)cc2)sc2cc([N+](=O)[O-])ccc21. The highest BCUT2D eigenvalue weighted by Gasteiger charge is 2.17. The van der Waals surface area contributed by atoms with Crippen LogP contribution in [-0.2, 0) is 21.7 Å². The van der Waals surface area contributed by atoms with Crippen LogP contribution in [-0.4, -0.2) is 29.6 Å². The van der Waals surface area contributed by atoms with E-state index in [0.717, 1.165) is 11.3 Å². The van der Waals surface area contributed by atoms with Gasteiger partial charge in [0.15, 0.2) is 14.6 Å². The standard InChI is InChI=1S/C17H14ClN3O5S2/c1-20-14-7-4-12(21(23)24)10-15(14)27-17(20)19-16(22)8-9-28(25,26)13-5-2-11(18)3-6-13/h2-7,10H,8-9H2,1H3. The molecule has 0 aliphatic carbocycles. The monoisotopic (exact) mass is 439 g/mol. The van der Waals surface area contributed by atoms with Crippen LogP contribution in [0.2, 0.25) is 5.02 Å². The first-order valence-electron chi connectivity index (χ1n) is 7.97. The van der Waals surface area contributed by atoms with E-state index in [1.165, 1.54) is 36.4 Å². The summed E-state index contributed by atoms with van der Waals surface area (Å²) in [6.07, 6.45) is -0.278. The molecule has 0 atom stereocenters. The Hall–Kier alpha value is -2.56. The van der Waals surface area contributed by atoms with Crippen molar-refractivity contribution in [3.8, 4) is 0 Å². The Labute approximate surface area is 168 Å². The molecule has 1 heterocycles. The summed E-state index contributed by atoms with van der Waals surface area (Å²) in [7, 11) is -1.95. The number of hydrogen-bond donors (Lipinski definition) is 0. The fourth-order valence-electron chi connectivity index (χ4n) is 2.49. The van der Waals surface area contributed by atoms with E-state index in [1.807, 2.05) is 0 Å². The molecular formula is C17H14ClN3O5S2. The highest BCUT2D eigenvalue weighted by atomic mass is 35.5. The molecule has 0 N–H and O–H groups in total. The number of carbonyl (C=O) groups is 1. The summed E-state index contributed by atoms with van der Waals surface area (Å²) in [5.74, 6) is -0.967. The lowest BCUT2D eigenvalue weighted by molar-refractivity contribution is -0.384. The highest BCUT2D eigenvalue weighted by molar-refractivity contribution is 7.91. The van der Waals surface area contributed by atoms with Crippen LogP contribution in [0.4, 0.5) is 5.69 Å². The maximum Gasteiger partial charge on any atom is 0.270 e. The van der Waals surface area contributed by atoms with Gasteiger partial charge < -0.3 is 4.57 Å². The number of sulfone groups is 1. The molecular weight excluding hydrogens is 426 g/mol. The molecule has 0 saturated carbocycles. The fourth-order valence-corrected chi connectivity index (χ4v) is 4.91. The topological polar surface area (TPSA) is 112 Å². The van der Waals surface area contributed by atoms with Crippen molar-refractivity contribution in [3.05, 3.63) is 62.4 Å². The first kappa shape index (κ1) is 20.2. The minimum Gasteiger partial charge on any atom is -0.319 e. The number of benzene rings is 2. The molecule has 0 aliphatic rings. The summed E-state index contributed by atoms with van der Waals surface area (Å²) >= 11 is 6.87. The lowest BCUT2D eigenvalue weighted by Gasteiger charge is -2.02. The number of carbonyl (C=O) groups excluding carboxylic acids is 1. The van der Waals surface area contributed by atoms with Gasteiger partial charge in [-0.15, -0.1) is 0 Å². The van der Waals surface area contributed by atoms with Gasteiger partial charge in [0.2, 0.25) is 5.91 Å². The van der Waals surface area contributed by atoms with Crippen LogP contribution in [0.15, 0.2) is 52.4 Å². The van der Waals surface area contributed by atoms with E-state index in [4.69, 9.17) is 11.6 Å². The molecule has 2 aromatic carbocycles. The van der Waals surface area contributed by atoms with E-state index < -0.39 is 20.7 Å². The normalized spacial score (nSPS) is 12.4. The minimum absolute atomic E-state index is 0.0544. The van der Waals surface area contributed by atoms with Gasteiger partial charge in [-0.25, -0.2) is 8.42 Å². The molecule has 8 nitrogen and oxygen atoms in total. The molecule has 1 aromatic heterocycles. The molecule has 0 aliphatic heterocycles. The van der Waals surface area contributed by atoms with Gasteiger partial charge in [0.25, 0.3) is 5.69 Å². The van der Waals surface area contributed by atoms with Gasteiger partial charge in [-0.1, -0.05) is 22.9 Å². The van der Waals surface area contributed by atoms with Crippen molar-refractivity contribution in [1.29, 1.82) is 0 Å². The Morgan fingerprint density at radius 1 is 1.25 bits per heavy atom. The number of halogens is 1. The number of hydrogen-bond acceptors (Lipinski definition) is 6. The lowest BCUT2D eigenvalue weighted by atomic mass is 10.3. The summed E-state index contributed by atoms with van der Waals surface area (Å²) in [4.78, 5) is 27.0. The Kier molecular flexibility index (Phi) is 5.64. The number of aryl methyl sites for hydroxylation is 1. The number of fused-ring (bicyclic) bond motifs is 1. The molecule has 28 heavy (non-hydrogen) atoms. The second-order valence-electron chi connectivity index (χ2n) is 5.88. The third-order valence-electron chi connectivity index (χ3n) is 3.98. The molecule has 1 amide bonds. The average Bonchev–Trinajstić information content (AvgIpc) is 2.95. The van der Waals surface area contributed by atoms with Gasteiger partial charge in [0, 0.05) is 30.6 Å². The summed E-state index contributed by atoms with van der Waals surface area (Å²) in [5.41, 5.74) is 0.636. The van der Waals surface area contributed by atoms with Crippen LogP contribution >= 0.6 is 22.9 Å². The first-order valence-corrected chi connectivity index (χ1v) is 10.8. The van der Waals surface area contributed by atoms with Crippen molar-refractivity contribution in [2.45, 2.75) is 11.3 Å². The third-order valence-corrected chi connectivity index (χ3v) is 7.06. The van der Waals surface area contributed by atoms with Gasteiger partial charge in [-0.2, -0.15) is 4.99 Å². The Balaban J connectivity index is 1.81. The van der Waals surface area contributed by atoms with Gasteiger partial charge in [-0.3, -0.25) is 14.9 Å². The molecule has 0 unspecified atom stereocenters. The number of rotatable bonds is 5. The van der Waals surface area contributed by atoms with Crippen molar-refractivity contribution >= 4 is 54.6 Å². The van der Waals surface area contributed by atoms with E-state index in [9.17, 15) is 23.3 Å². The Morgan fingerprint density at radius 2 is 1.93 bits per heavy atom. The van der Waals surface area contributed by atoms with Gasteiger partial charge >= 0.3 is 0 Å². The van der Waals surface area contributed by atoms with Crippen LogP contribution in [0, 0.1) is 10.1 Å². The number of nitro groups is 1. The molecule has 0 bridgehead atoms. The predicted octanol–water partition coefficient (Wildman–Crippen LogP) is 3.09. The predicted molar refractivity (Wildman–Crippen MR) is 106 cm³/mol. The minimum atomic E-state index is -3.63. The van der Waals surface area contributed by atoms with Gasteiger partial charge in [0.05, 0.1) is 25.8 Å². The second kappa shape index (κ2) is 7.82. The Morgan fingerprint density at radius 3 is 2.57 bits per heavy atom. The summed E-state index contributed by atoms with van der Waals surface area (Å²) in [6.45, 7) is 0. The van der Waals surface area contributed by atoms with Crippen molar-refractivity contribution < 1.29 is 18.1 Å². The van der Waals surface area contributed by atoms with Crippen LogP contribution in [0.5, 0.6) is 0 Å². The molecule has 146 valence electrons. The van der Waals surface area contributed by atoms with Crippen LogP contribution in [0.3, 0.4) is 0 Å². The van der Waals surface area contributed by atoms with Gasteiger partial charge in [0.1, 0.15) is 0 Å². The molecule has 0 spiro atoms. The van der Waals surface area contributed by atoms with E-state index in [1.54, 1.807) is 17.7 Å². The maximum atomic E-state index is 12.3. The maximum absolute atomic E-state index is 12.3. The lowest BCUT2D eigenvalue weighted by Crippen LogP contribution is -2.15. The Bertz CT molecular complexity index is 1240. The summed E-state index contributed by atoms with van der Waals surface area (Å²) < 4.78 is 26.9. The van der Waals surface area contributed by atoms with E-state index in [2.05, 4.69) is 4.99 Å². The van der Waals surface area contributed by atoms with Crippen LogP contribution < -0.4 is 4.80 Å². The molecule has 11 heteroatoms. The summed E-state index contributed by atoms with van der Waals surface area (Å²) in [5, 5.41) is 11.3. The average molecular weight is 440 g/mol. The number of aromatic nitrogens is 1. The van der Waals surface area contributed by atoms with Crippen molar-refractivity contribution in [2.24, 2.45) is 12.0 Å². The highest BCUT2D eigenvalue weighted by Crippen LogP contribution is 2.22. The molecule has 0 radical (unpaired) electrons. The largest absolute Gasteiger partial charge is 0.319 e. The smallest absolute Gasteiger partial charge is 0.270 e.